The number of carbonyl (C=O) groups excluding carboxylic acids is 2. The molecule has 0 N–H and O–H groups in total. The number of allylic oxidation sites excluding steroid dienone is 1. The van der Waals surface area contributed by atoms with Gasteiger partial charge in [0.1, 0.15) is 0 Å². The highest BCUT2D eigenvalue weighted by molar-refractivity contribution is 5.98. The molecule has 0 radical (unpaired) electrons. The van der Waals surface area contributed by atoms with Gasteiger partial charge in [0.05, 0.1) is 12.7 Å². The summed E-state index contributed by atoms with van der Waals surface area (Å²) in [4.78, 5) is 22.7. The van der Waals surface area contributed by atoms with Gasteiger partial charge in [-0.1, -0.05) is 19.3 Å². The summed E-state index contributed by atoms with van der Waals surface area (Å²) in [6.07, 6.45) is 11.5. The van der Waals surface area contributed by atoms with Crippen LogP contribution in [0.5, 0.6) is 0 Å². The van der Waals surface area contributed by atoms with E-state index in [0.717, 1.165) is 70.0 Å². The highest BCUT2D eigenvalue weighted by Gasteiger charge is 2.27. The van der Waals surface area contributed by atoms with Gasteiger partial charge in [-0.05, 0) is 50.2 Å². The largest absolute Gasteiger partial charge is 0.466 e. The fourth-order valence-corrected chi connectivity index (χ4v) is 3.18. The normalized spacial score (nSPS) is 24.0. The van der Waals surface area contributed by atoms with Crippen LogP contribution in [0.4, 0.5) is 0 Å². The number of hydrogen-bond donors (Lipinski definition) is 0. The molecule has 1 aliphatic heterocycles. The number of unbranched alkanes of at least 4 members (excludes halogenated alkanes) is 4. The Kier molecular flexibility index (Phi) is 8.47. The van der Waals surface area contributed by atoms with E-state index in [2.05, 4.69) is 0 Å². The smallest absolute Gasteiger partial charge is 0.302 e. The van der Waals surface area contributed by atoms with Crippen LogP contribution in [0.3, 0.4) is 0 Å². The van der Waals surface area contributed by atoms with Gasteiger partial charge in [-0.3, -0.25) is 9.59 Å². The van der Waals surface area contributed by atoms with E-state index in [1.54, 1.807) is 0 Å². The molecule has 0 amide bonds. The molecular weight excluding hydrogens is 308 g/mol. The van der Waals surface area contributed by atoms with Crippen molar-refractivity contribution in [1.82, 2.24) is 0 Å². The fourth-order valence-electron chi connectivity index (χ4n) is 3.18. The minimum Gasteiger partial charge on any atom is -0.466 e. The number of rotatable bonds is 10. The van der Waals surface area contributed by atoms with Gasteiger partial charge in [0, 0.05) is 20.0 Å². The number of Topliss-reactive ketones (excluding diaryl/α,β-unsaturated/α-hetero) is 1. The number of esters is 1. The van der Waals surface area contributed by atoms with Gasteiger partial charge < -0.3 is 14.2 Å². The Labute approximate surface area is 144 Å². The minimum absolute atomic E-state index is 0.0978. The first kappa shape index (κ1) is 19.1. The Balaban J connectivity index is 1.55. The zero-order valence-corrected chi connectivity index (χ0v) is 14.8. The second-order valence-electron chi connectivity index (χ2n) is 6.65. The highest BCUT2D eigenvalue weighted by atomic mass is 16.7. The first-order valence-electron chi connectivity index (χ1n) is 9.29. The summed E-state index contributed by atoms with van der Waals surface area (Å²) >= 11 is 0. The standard InChI is InChI=1S/C19H30O5/c1-15(20)22-11-7-4-2-3-5-9-16-13-17(14-18(16)21)24-19-10-6-8-12-23-19/h13,17,19H,2-12,14H2,1H3/t17-,19?/m0/s1. The van der Waals surface area contributed by atoms with E-state index in [9.17, 15) is 9.59 Å². The lowest BCUT2D eigenvalue weighted by Gasteiger charge is -2.24. The topological polar surface area (TPSA) is 61.8 Å². The average molecular weight is 338 g/mol. The van der Waals surface area contributed by atoms with Crippen molar-refractivity contribution < 1.29 is 23.8 Å². The van der Waals surface area contributed by atoms with Gasteiger partial charge in [-0.25, -0.2) is 0 Å². The van der Waals surface area contributed by atoms with Crippen LogP contribution in [0.2, 0.25) is 0 Å². The van der Waals surface area contributed by atoms with E-state index in [1.807, 2.05) is 6.08 Å². The van der Waals surface area contributed by atoms with Gasteiger partial charge >= 0.3 is 5.97 Å². The molecule has 0 spiro atoms. The predicted octanol–water partition coefficient (Wildman–Crippen LogP) is 3.70. The second-order valence-corrected chi connectivity index (χ2v) is 6.65. The molecule has 5 nitrogen and oxygen atoms in total. The molecule has 1 fully saturated rings. The first-order chi connectivity index (χ1) is 11.6. The van der Waals surface area contributed by atoms with Gasteiger partial charge in [-0.15, -0.1) is 0 Å². The molecule has 0 aromatic heterocycles. The summed E-state index contributed by atoms with van der Waals surface area (Å²) in [5.41, 5.74) is 0.927. The van der Waals surface area contributed by atoms with Crippen LogP contribution in [0.25, 0.3) is 0 Å². The quantitative estimate of drug-likeness (QED) is 0.449. The predicted molar refractivity (Wildman–Crippen MR) is 90.5 cm³/mol. The van der Waals surface area contributed by atoms with Crippen molar-refractivity contribution in [1.29, 1.82) is 0 Å². The van der Waals surface area contributed by atoms with Crippen molar-refractivity contribution in [3.63, 3.8) is 0 Å². The van der Waals surface area contributed by atoms with Crippen LogP contribution >= 0.6 is 0 Å². The van der Waals surface area contributed by atoms with E-state index in [1.165, 1.54) is 6.92 Å². The molecule has 0 aromatic carbocycles. The number of carbonyl (C=O) groups is 2. The number of ketones is 1. The molecule has 5 heteroatoms. The third-order valence-corrected chi connectivity index (χ3v) is 4.49. The summed E-state index contributed by atoms with van der Waals surface area (Å²) in [6, 6.07) is 0. The molecule has 1 unspecified atom stereocenters. The fraction of sp³-hybridized carbons (Fsp3) is 0.789. The molecule has 2 aliphatic rings. The van der Waals surface area contributed by atoms with Gasteiger partial charge in [0.15, 0.2) is 12.1 Å². The SMILES string of the molecule is CC(=O)OCCCCCCCC1=C[C@H](OC2CCCCO2)CC1=O. The second kappa shape index (κ2) is 10.6. The molecule has 0 aromatic rings. The maximum Gasteiger partial charge on any atom is 0.302 e. The zero-order valence-electron chi connectivity index (χ0n) is 14.8. The van der Waals surface area contributed by atoms with E-state index < -0.39 is 0 Å². The van der Waals surface area contributed by atoms with Gasteiger partial charge in [0.25, 0.3) is 0 Å². The Morgan fingerprint density at radius 3 is 2.75 bits per heavy atom. The molecule has 136 valence electrons. The molecule has 2 rings (SSSR count). The van der Waals surface area contributed by atoms with Crippen molar-refractivity contribution in [3.05, 3.63) is 11.6 Å². The average Bonchev–Trinajstić information content (AvgIpc) is 2.90. The van der Waals surface area contributed by atoms with E-state index in [-0.39, 0.29) is 24.1 Å². The summed E-state index contributed by atoms with van der Waals surface area (Å²) < 4.78 is 16.4. The Morgan fingerprint density at radius 2 is 2.00 bits per heavy atom. The van der Waals surface area contributed by atoms with Gasteiger partial charge in [0.2, 0.25) is 0 Å². The van der Waals surface area contributed by atoms with Crippen molar-refractivity contribution >= 4 is 11.8 Å². The Bertz CT molecular complexity index is 437. The first-order valence-corrected chi connectivity index (χ1v) is 9.29. The van der Waals surface area contributed by atoms with Crippen LogP contribution in [0, 0.1) is 0 Å². The van der Waals surface area contributed by atoms with Crippen molar-refractivity contribution in [3.8, 4) is 0 Å². The molecule has 1 saturated heterocycles. The summed E-state index contributed by atoms with van der Waals surface area (Å²) in [5, 5.41) is 0. The van der Waals surface area contributed by atoms with Crippen LogP contribution in [-0.4, -0.2) is 37.4 Å². The van der Waals surface area contributed by atoms with Crippen LogP contribution in [0.15, 0.2) is 11.6 Å². The molecule has 2 atom stereocenters. The van der Waals surface area contributed by atoms with E-state index in [0.29, 0.717) is 13.0 Å². The molecule has 0 saturated carbocycles. The van der Waals surface area contributed by atoms with Crippen molar-refractivity contribution in [2.45, 2.75) is 83.5 Å². The van der Waals surface area contributed by atoms with Crippen LogP contribution in [-0.2, 0) is 23.8 Å². The maximum atomic E-state index is 12.1. The summed E-state index contributed by atoms with van der Waals surface area (Å²) in [7, 11) is 0. The number of hydrogen-bond acceptors (Lipinski definition) is 5. The molecule has 1 aliphatic carbocycles. The molecule has 24 heavy (non-hydrogen) atoms. The molecular formula is C19H30O5. The maximum absolute atomic E-state index is 12.1. The molecule has 0 bridgehead atoms. The summed E-state index contributed by atoms with van der Waals surface area (Å²) in [6.45, 7) is 2.71. The van der Waals surface area contributed by atoms with E-state index >= 15 is 0 Å². The Hall–Kier alpha value is -1.20. The summed E-state index contributed by atoms with van der Waals surface area (Å²) in [5.74, 6) is 0.0164. The zero-order chi connectivity index (χ0) is 17.2. The lowest BCUT2D eigenvalue weighted by Crippen LogP contribution is -2.26. The van der Waals surface area contributed by atoms with E-state index in [4.69, 9.17) is 14.2 Å². The minimum atomic E-state index is -0.211. The van der Waals surface area contributed by atoms with Crippen LogP contribution in [0.1, 0.15) is 71.1 Å². The van der Waals surface area contributed by atoms with Crippen LogP contribution < -0.4 is 0 Å². The third kappa shape index (κ3) is 7.14. The molecule has 1 heterocycles. The lowest BCUT2D eigenvalue weighted by atomic mass is 10.0. The Morgan fingerprint density at radius 1 is 1.21 bits per heavy atom. The third-order valence-electron chi connectivity index (χ3n) is 4.49. The lowest BCUT2D eigenvalue weighted by molar-refractivity contribution is -0.178. The van der Waals surface area contributed by atoms with Crippen molar-refractivity contribution in [2.24, 2.45) is 0 Å². The number of ether oxygens (including phenoxy) is 3. The highest BCUT2D eigenvalue weighted by Crippen LogP contribution is 2.25. The monoisotopic (exact) mass is 338 g/mol. The van der Waals surface area contributed by atoms with Crippen molar-refractivity contribution in [2.75, 3.05) is 13.2 Å². The van der Waals surface area contributed by atoms with Gasteiger partial charge in [-0.2, -0.15) is 0 Å².